The number of nitrogens with one attached hydrogen (secondary N) is 1. The normalized spacial score (nSPS) is 17.4. The maximum atomic E-state index is 13.5. The van der Waals surface area contributed by atoms with Crippen LogP contribution in [-0.4, -0.2) is 53.1 Å². The molecule has 1 aromatic heterocycles. The topological polar surface area (TPSA) is 95.3 Å². The number of halogens is 5. The summed E-state index contributed by atoms with van der Waals surface area (Å²) in [6.07, 6.45) is 0.162. The van der Waals surface area contributed by atoms with Crippen molar-refractivity contribution in [3.05, 3.63) is 59.4 Å². The molecule has 0 saturated carbocycles. The van der Waals surface area contributed by atoms with E-state index < -0.39 is 49.7 Å². The summed E-state index contributed by atoms with van der Waals surface area (Å²) in [4.78, 5) is 29.5. The molecule has 1 saturated heterocycles. The van der Waals surface area contributed by atoms with Crippen molar-refractivity contribution in [1.82, 2.24) is 15.2 Å². The van der Waals surface area contributed by atoms with E-state index in [-0.39, 0.29) is 11.3 Å². The molecule has 0 radical (unpaired) electrons. The Kier molecular flexibility index (Phi) is 7.14. The van der Waals surface area contributed by atoms with Gasteiger partial charge in [-0.1, -0.05) is 24.3 Å². The molecule has 2 amide bonds. The third-order valence-electron chi connectivity index (χ3n) is 4.80. The fourth-order valence-corrected chi connectivity index (χ4v) is 3.26. The molecule has 1 unspecified atom stereocenters. The monoisotopic (exact) mass is 480 g/mol. The van der Waals surface area contributed by atoms with Crippen LogP contribution in [0.2, 0.25) is 0 Å². The minimum absolute atomic E-state index is 0.125. The number of ether oxygens (including phenoxy) is 1. The maximum Gasteiger partial charge on any atom is 0.573 e. The number of nitrogens with zero attached hydrogens (tertiary/aromatic N) is 3. The number of amides is 2. The molecule has 178 valence electrons. The Morgan fingerprint density at radius 3 is 2.59 bits per heavy atom. The van der Waals surface area contributed by atoms with Gasteiger partial charge < -0.3 is 15.0 Å². The van der Waals surface area contributed by atoms with Crippen LogP contribution in [0.5, 0.6) is 5.75 Å². The Bertz CT molecular complexity index is 1130. The lowest BCUT2D eigenvalue weighted by molar-refractivity contribution is -0.274. The number of aromatic nitrogens is 1. The average molecular weight is 480 g/mol. The number of likely N-dealkylation sites (tertiary alicyclic amines) is 1. The number of hydrogen-bond acceptors (Lipinski definition) is 5. The van der Waals surface area contributed by atoms with Crippen LogP contribution < -0.4 is 10.1 Å². The van der Waals surface area contributed by atoms with Crippen molar-refractivity contribution < 1.29 is 36.3 Å². The van der Waals surface area contributed by atoms with Crippen molar-refractivity contribution in [2.75, 3.05) is 13.1 Å². The molecule has 0 spiro atoms. The van der Waals surface area contributed by atoms with Crippen LogP contribution in [-0.2, 0) is 4.79 Å². The highest BCUT2D eigenvalue weighted by Gasteiger charge is 2.47. The summed E-state index contributed by atoms with van der Waals surface area (Å²) < 4.78 is 67.6. The summed E-state index contributed by atoms with van der Waals surface area (Å²) in [6, 6.07) is 6.78. The van der Waals surface area contributed by atoms with Gasteiger partial charge in [0.15, 0.2) is 0 Å². The van der Waals surface area contributed by atoms with Crippen molar-refractivity contribution in [2.45, 2.75) is 24.7 Å². The molecule has 1 fully saturated rings. The van der Waals surface area contributed by atoms with Gasteiger partial charge in [-0.3, -0.25) is 14.6 Å². The highest BCUT2D eigenvalue weighted by Crippen LogP contribution is 2.31. The molecule has 34 heavy (non-hydrogen) atoms. The van der Waals surface area contributed by atoms with E-state index in [0.29, 0.717) is 11.1 Å². The van der Waals surface area contributed by atoms with E-state index in [4.69, 9.17) is 5.26 Å². The molecule has 0 aliphatic carbocycles. The number of nitriles is 1. The first-order valence-corrected chi connectivity index (χ1v) is 9.80. The molecule has 1 N–H and O–H groups in total. The van der Waals surface area contributed by atoms with Crippen LogP contribution in [0.3, 0.4) is 0 Å². The predicted molar refractivity (Wildman–Crippen MR) is 109 cm³/mol. The van der Waals surface area contributed by atoms with Gasteiger partial charge >= 0.3 is 6.36 Å². The molecule has 2 aromatic rings. The van der Waals surface area contributed by atoms with Crippen molar-refractivity contribution in [3.63, 3.8) is 0 Å². The number of carbonyl (C=O) groups excluding carboxylic acids is 2. The zero-order valence-electron chi connectivity index (χ0n) is 17.4. The minimum atomic E-state index is -4.80. The van der Waals surface area contributed by atoms with E-state index in [0.717, 1.165) is 17.0 Å². The molecule has 2 heterocycles. The molecule has 1 aromatic carbocycles. The molecule has 1 aliphatic rings. The highest BCUT2D eigenvalue weighted by molar-refractivity contribution is 6.00. The molecule has 1 aliphatic heterocycles. The van der Waals surface area contributed by atoms with Gasteiger partial charge in [-0.25, -0.2) is 8.78 Å². The third-order valence-corrected chi connectivity index (χ3v) is 4.80. The quantitative estimate of drug-likeness (QED) is 0.637. The Balaban J connectivity index is 1.65. The summed E-state index contributed by atoms with van der Waals surface area (Å²) in [6.45, 7) is -1.48. The third kappa shape index (κ3) is 6.50. The summed E-state index contributed by atoms with van der Waals surface area (Å²) in [5.41, 5.74) is 0.975. The second-order valence-corrected chi connectivity index (χ2v) is 7.32. The zero-order chi connectivity index (χ0) is 24.9. The van der Waals surface area contributed by atoms with E-state index in [9.17, 15) is 31.5 Å². The summed E-state index contributed by atoms with van der Waals surface area (Å²) in [5.74, 6) is -5.04. The van der Waals surface area contributed by atoms with Crippen LogP contribution in [0, 0.1) is 11.3 Å². The largest absolute Gasteiger partial charge is 0.573 e. The second kappa shape index (κ2) is 9.86. The van der Waals surface area contributed by atoms with Gasteiger partial charge in [-0.05, 0) is 23.8 Å². The smallest absolute Gasteiger partial charge is 0.406 e. The van der Waals surface area contributed by atoms with Gasteiger partial charge in [0.25, 0.3) is 11.8 Å². The SMILES string of the molecule is N#CC1CC(F)(F)CN1C(=O)CNC(=O)c1ccncc1/C=C/c1ccc(OC(F)(F)F)cc1. The zero-order valence-corrected chi connectivity index (χ0v) is 17.4. The van der Waals surface area contributed by atoms with E-state index in [2.05, 4.69) is 15.0 Å². The van der Waals surface area contributed by atoms with Crippen molar-refractivity contribution in [3.8, 4) is 11.8 Å². The van der Waals surface area contributed by atoms with Crippen molar-refractivity contribution in [2.24, 2.45) is 0 Å². The minimum Gasteiger partial charge on any atom is -0.406 e. The number of rotatable bonds is 6. The van der Waals surface area contributed by atoms with Crippen LogP contribution in [0.4, 0.5) is 22.0 Å². The molecule has 1 atom stereocenters. The number of pyridine rings is 1. The lowest BCUT2D eigenvalue weighted by atomic mass is 10.1. The fourth-order valence-electron chi connectivity index (χ4n) is 3.26. The van der Waals surface area contributed by atoms with E-state index in [1.54, 1.807) is 6.07 Å². The average Bonchev–Trinajstić information content (AvgIpc) is 3.10. The van der Waals surface area contributed by atoms with Gasteiger partial charge in [-0.2, -0.15) is 5.26 Å². The Hall–Kier alpha value is -4.01. The Labute approximate surface area is 190 Å². The Morgan fingerprint density at radius 2 is 1.94 bits per heavy atom. The first-order chi connectivity index (χ1) is 16.0. The lowest BCUT2D eigenvalue weighted by Gasteiger charge is -2.19. The van der Waals surface area contributed by atoms with Crippen molar-refractivity contribution in [1.29, 1.82) is 5.26 Å². The van der Waals surface area contributed by atoms with Crippen molar-refractivity contribution >= 4 is 24.0 Å². The number of benzene rings is 1. The fraction of sp³-hybridized carbons (Fsp3) is 0.273. The number of hydrogen-bond donors (Lipinski definition) is 1. The second-order valence-electron chi connectivity index (χ2n) is 7.32. The first kappa shape index (κ1) is 24.6. The van der Waals surface area contributed by atoms with E-state index in [1.807, 2.05) is 0 Å². The summed E-state index contributed by atoms with van der Waals surface area (Å²) >= 11 is 0. The van der Waals surface area contributed by atoms with Crippen LogP contribution in [0.25, 0.3) is 12.2 Å². The maximum absolute atomic E-state index is 13.5. The van der Waals surface area contributed by atoms with Gasteiger partial charge in [0.2, 0.25) is 5.91 Å². The Morgan fingerprint density at radius 1 is 1.24 bits per heavy atom. The molecule has 0 bridgehead atoms. The van der Waals surface area contributed by atoms with Crippen LogP contribution in [0.15, 0.2) is 42.7 Å². The number of alkyl halides is 5. The highest BCUT2D eigenvalue weighted by atomic mass is 19.4. The van der Waals surface area contributed by atoms with Gasteiger partial charge in [-0.15, -0.1) is 13.2 Å². The van der Waals surface area contributed by atoms with Gasteiger partial charge in [0.1, 0.15) is 11.8 Å². The number of carbonyl (C=O) groups is 2. The lowest BCUT2D eigenvalue weighted by Crippen LogP contribution is -2.43. The summed E-state index contributed by atoms with van der Waals surface area (Å²) in [5, 5.41) is 11.3. The first-order valence-electron chi connectivity index (χ1n) is 9.80. The van der Waals surface area contributed by atoms with Crippen LogP contribution in [0.1, 0.15) is 27.9 Å². The van der Waals surface area contributed by atoms with Gasteiger partial charge in [0.05, 0.1) is 19.2 Å². The molecule has 12 heteroatoms. The van der Waals surface area contributed by atoms with E-state index in [1.165, 1.54) is 42.7 Å². The molecule has 7 nitrogen and oxygen atoms in total. The van der Waals surface area contributed by atoms with Gasteiger partial charge in [0, 0.05) is 29.9 Å². The standard InChI is InChI=1S/C22H17F5N4O3/c23-21(24)9-16(10-28)31(13-21)19(32)12-30-20(33)18-7-8-29-11-15(18)4-1-14-2-5-17(6-3-14)34-22(25,26)27/h1-8,11,16H,9,12-13H2,(H,30,33)/b4-1+. The molecular formula is C22H17F5N4O3. The predicted octanol–water partition coefficient (Wildman–Crippen LogP) is 3.64. The summed E-state index contributed by atoms with van der Waals surface area (Å²) in [7, 11) is 0. The molecular weight excluding hydrogens is 463 g/mol. The molecule has 3 rings (SSSR count). The van der Waals surface area contributed by atoms with Crippen LogP contribution >= 0.6 is 0 Å². The van der Waals surface area contributed by atoms with E-state index >= 15 is 0 Å².